The van der Waals surface area contributed by atoms with Gasteiger partial charge in [0.2, 0.25) is 0 Å². The molecule has 4 rings (SSSR count). The zero-order valence-corrected chi connectivity index (χ0v) is 22.1. The van der Waals surface area contributed by atoms with Crippen LogP contribution in [0.2, 0.25) is 0 Å². The van der Waals surface area contributed by atoms with E-state index in [0.717, 1.165) is 42.2 Å². The van der Waals surface area contributed by atoms with Crippen LogP contribution < -0.4 is 4.74 Å². The first kappa shape index (κ1) is 28.4. The van der Waals surface area contributed by atoms with Gasteiger partial charge in [0, 0.05) is 10.9 Å². The molecule has 0 radical (unpaired) electrons. The molecule has 0 amide bonds. The molecule has 206 valence electrons. The standard InChI is InChI=1S/C32H37F5O/c1-2-3-4-5-6-7-22-8-10-23(11-9-22)12-13-24-14-17-27-25(20-24)15-18-28(31(27)34)26-16-19-30(29(33)21-26)38-32(35,36)37/h14-23H,2-13H2,1H3. The number of unbranched alkanes of at least 4 members (excludes halogenated alkanes) is 4. The first-order valence-corrected chi connectivity index (χ1v) is 14.0. The Morgan fingerprint density at radius 1 is 0.789 bits per heavy atom. The molecule has 0 bridgehead atoms. The van der Waals surface area contributed by atoms with E-state index >= 15 is 4.39 Å². The van der Waals surface area contributed by atoms with Crippen molar-refractivity contribution in [3.8, 4) is 16.9 Å². The highest BCUT2D eigenvalue weighted by Crippen LogP contribution is 2.36. The van der Waals surface area contributed by atoms with Gasteiger partial charge in [-0.05, 0) is 53.3 Å². The summed E-state index contributed by atoms with van der Waals surface area (Å²) in [6, 6.07) is 12.0. The average molecular weight is 533 g/mol. The lowest BCUT2D eigenvalue weighted by atomic mass is 9.77. The summed E-state index contributed by atoms with van der Waals surface area (Å²) in [6.07, 6.45) is 10.5. The van der Waals surface area contributed by atoms with E-state index < -0.39 is 23.7 Å². The largest absolute Gasteiger partial charge is 0.573 e. The Bertz CT molecular complexity index is 1190. The van der Waals surface area contributed by atoms with Crippen LogP contribution in [0.3, 0.4) is 0 Å². The van der Waals surface area contributed by atoms with E-state index in [9.17, 15) is 17.6 Å². The van der Waals surface area contributed by atoms with Gasteiger partial charge in [0.05, 0.1) is 0 Å². The highest BCUT2D eigenvalue weighted by molar-refractivity contribution is 5.88. The first-order valence-electron chi connectivity index (χ1n) is 14.0. The fourth-order valence-electron chi connectivity index (χ4n) is 5.81. The molecule has 1 aliphatic carbocycles. The van der Waals surface area contributed by atoms with Gasteiger partial charge in [-0.15, -0.1) is 13.2 Å². The molecule has 6 heteroatoms. The summed E-state index contributed by atoms with van der Waals surface area (Å²) < 4.78 is 70.4. The van der Waals surface area contributed by atoms with Crippen LogP contribution in [0.1, 0.15) is 83.1 Å². The van der Waals surface area contributed by atoms with Gasteiger partial charge in [-0.1, -0.05) is 108 Å². The number of hydrogen-bond donors (Lipinski definition) is 0. The van der Waals surface area contributed by atoms with Crippen molar-refractivity contribution in [3.63, 3.8) is 0 Å². The molecule has 3 aromatic rings. The Morgan fingerprint density at radius 3 is 2.18 bits per heavy atom. The number of benzene rings is 3. The van der Waals surface area contributed by atoms with Crippen molar-refractivity contribution in [2.75, 3.05) is 0 Å². The molecular formula is C32H37F5O. The van der Waals surface area contributed by atoms with Crippen LogP contribution in [0.5, 0.6) is 5.75 Å². The second-order valence-electron chi connectivity index (χ2n) is 10.8. The fraction of sp³-hybridized carbons (Fsp3) is 0.500. The minimum atomic E-state index is -5.00. The molecule has 1 fully saturated rings. The second-order valence-corrected chi connectivity index (χ2v) is 10.8. The summed E-state index contributed by atoms with van der Waals surface area (Å²) >= 11 is 0. The molecule has 1 nitrogen and oxygen atoms in total. The van der Waals surface area contributed by atoms with Crippen LogP contribution in [0, 0.1) is 23.5 Å². The highest BCUT2D eigenvalue weighted by Gasteiger charge is 2.32. The molecule has 0 aromatic heterocycles. The predicted molar refractivity (Wildman–Crippen MR) is 143 cm³/mol. The minimum Gasteiger partial charge on any atom is -0.403 e. The molecule has 0 spiro atoms. The molecule has 1 aliphatic rings. The predicted octanol–water partition coefficient (Wildman–Crippen LogP) is 10.8. The van der Waals surface area contributed by atoms with E-state index in [4.69, 9.17) is 0 Å². The number of ether oxygens (including phenoxy) is 1. The van der Waals surface area contributed by atoms with Gasteiger partial charge >= 0.3 is 6.36 Å². The molecule has 38 heavy (non-hydrogen) atoms. The van der Waals surface area contributed by atoms with E-state index in [2.05, 4.69) is 11.7 Å². The van der Waals surface area contributed by atoms with E-state index in [1.165, 1.54) is 75.8 Å². The molecular weight excluding hydrogens is 495 g/mol. The Labute approximate surface area is 222 Å². The lowest BCUT2D eigenvalue weighted by Gasteiger charge is -2.28. The number of fused-ring (bicyclic) bond motifs is 1. The van der Waals surface area contributed by atoms with Crippen LogP contribution in [0.25, 0.3) is 21.9 Å². The summed E-state index contributed by atoms with van der Waals surface area (Å²) in [5, 5.41) is 1.16. The van der Waals surface area contributed by atoms with Crippen LogP contribution in [0.15, 0.2) is 48.5 Å². The summed E-state index contributed by atoms with van der Waals surface area (Å²) in [5.74, 6) is -1.02. The second kappa shape index (κ2) is 12.9. The van der Waals surface area contributed by atoms with Gasteiger partial charge in [0.15, 0.2) is 11.6 Å². The smallest absolute Gasteiger partial charge is 0.403 e. The fourth-order valence-corrected chi connectivity index (χ4v) is 5.81. The van der Waals surface area contributed by atoms with Gasteiger partial charge in [0.1, 0.15) is 5.82 Å². The van der Waals surface area contributed by atoms with Crippen molar-refractivity contribution in [3.05, 3.63) is 65.7 Å². The van der Waals surface area contributed by atoms with Gasteiger partial charge in [-0.2, -0.15) is 0 Å². The van der Waals surface area contributed by atoms with Crippen molar-refractivity contribution in [2.24, 2.45) is 11.8 Å². The minimum absolute atomic E-state index is 0.129. The first-order chi connectivity index (χ1) is 18.2. The topological polar surface area (TPSA) is 9.23 Å². The van der Waals surface area contributed by atoms with Crippen molar-refractivity contribution in [2.45, 2.75) is 90.3 Å². The van der Waals surface area contributed by atoms with Gasteiger partial charge < -0.3 is 4.74 Å². The number of alkyl halides is 3. The maximum Gasteiger partial charge on any atom is 0.573 e. The van der Waals surface area contributed by atoms with Crippen LogP contribution in [-0.2, 0) is 6.42 Å². The van der Waals surface area contributed by atoms with Crippen molar-refractivity contribution in [1.29, 1.82) is 0 Å². The number of hydrogen-bond acceptors (Lipinski definition) is 1. The third-order valence-electron chi connectivity index (χ3n) is 8.01. The van der Waals surface area contributed by atoms with Crippen LogP contribution in [0.4, 0.5) is 22.0 Å². The number of halogens is 5. The molecule has 1 saturated carbocycles. The van der Waals surface area contributed by atoms with E-state index in [0.29, 0.717) is 5.39 Å². The molecule has 0 aliphatic heterocycles. The van der Waals surface area contributed by atoms with E-state index in [1.54, 1.807) is 18.2 Å². The highest BCUT2D eigenvalue weighted by atomic mass is 19.4. The third-order valence-corrected chi connectivity index (χ3v) is 8.01. The van der Waals surface area contributed by atoms with E-state index in [1.807, 2.05) is 12.1 Å². The third kappa shape index (κ3) is 7.70. The zero-order chi connectivity index (χ0) is 27.1. The van der Waals surface area contributed by atoms with Crippen LogP contribution in [-0.4, -0.2) is 6.36 Å². The van der Waals surface area contributed by atoms with E-state index in [-0.39, 0.29) is 11.1 Å². The zero-order valence-electron chi connectivity index (χ0n) is 22.1. The Kier molecular flexibility index (Phi) is 9.67. The Hall–Kier alpha value is -2.63. The quantitative estimate of drug-likeness (QED) is 0.176. The van der Waals surface area contributed by atoms with Gasteiger partial charge in [-0.3, -0.25) is 0 Å². The molecule has 0 unspecified atom stereocenters. The summed E-state index contributed by atoms with van der Waals surface area (Å²) in [4.78, 5) is 0. The summed E-state index contributed by atoms with van der Waals surface area (Å²) in [5.41, 5.74) is 1.45. The molecule has 0 heterocycles. The van der Waals surface area contributed by atoms with Gasteiger partial charge in [-0.25, -0.2) is 8.78 Å². The molecule has 3 aromatic carbocycles. The SMILES string of the molecule is CCCCCCCC1CCC(CCc2ccc3c(F)c(-c4ccc(OC(F)(F)F)c(F)c4)ccc3c2)CC1. The molecule has 0 saturated heterocycles. The lowest BCUT2D eigenvalue weighted by Crippen LogP contribution is -2.17. The maximum atomic E-state index is 15.3. The number of aryl methyl sites for hydroxylation is 1. The Balaban J connectivity index is 1.33. The maximum absolute atomic E-state index is 15.3. The molecule has 0 atom stereocenters. The average Bonchev–Trinajstić information content (AvgIpc) is 2.89. The van der Waals surface area contributed by atoms with Crippen molar-refractivity contribution >= 4 is 10.8 Å². The van der Waals surface area contributed by atoms with Crippen molar-refractivity contribution in [1.82, 2.24) is 0 Å². The summed E-state index contributed by atoms with van der Waals surface area (Å²) in [6.45, 7) is 2.25. The van der Waals surface area contributed by atoms with Crippen LogP contribution >= 0.6 is 0 Å². The Morgan fingerprint density at radius 2 is 1.50 bits per heavy atom. The normalized spacial score (nSPS) is 18.2. The van der Waals surface area contributed by atoms with Gasteiger partial charge in [0.25, 0.3) is 0 Å². The monoisotopic (exact) mass is 532 g/mol. The lowest BCUT2D eigenvalue weighted by molar-refractivity contribution is -0.275. The number of rotatable bonds is 11. The summed E-state index contributed by atoms with van der Waals surface area (Å²) in [7, 11) is 0. The van der Waals surface area contributed by atoms with Crippen molar-refractivity contribution < 1.29 is 26.7 Å². The molecule has 0 N–H and O–H groups in total.